The molecule has 0 amide bonds. The molecule has 0 aromatic heterocycles. The summed E-state index contributed by atoms with van der Waals surface area (Å²) in [5, 5.41) is 0. The van der Waals surface area contributed by atoms with Gasteiger partial charge in [-0.15, -0.1) is 0 Å². The van der Waals surface area contributed by atoms with Crippen LogP contribution in [0.3, 0.4) is 0 Å². The van der Waals surface area contributed by atoms with Crippen molar-refractivity contribution in [3.8, 4) is 0 Å². The molecule has 0 aliphatic heterocycles. The van der Waals surface area contributed by atoms with Gasteiger partial charge in [-0.05, 0) is 38.1 Å². The number of nitrogen functional groups attached to an aromatic ring is 2. The maximum absolute atomic E-state index is 5.43. The molecule has 0 unspecified atom stereocenters. The summed E-state index contributed by atoms with van der Waals surface area (Å²) >= 11 is 0. The molecule has 2 aromatic rings. The largest absolute Gasteiger partial charge is 1.00 e. The molecule has 4 heteroatoms. The van der Waals surface area contributed by atoms with Crippen LogP contribution in [0.5, 0.6) is 0 Å². The first kappa shape index (κ1) is 17.1. The number of hydrogen-bond acceptors (Lipinski definition) is 3. The second kappa shape index (κ2) is 9.09. The van der Waals surface area contributed by atoms with Crippen molar-refractivity contribution in [2.45, 2.75) is 13.8 Å². The maximum Gasteiger partial charge on any atom is 1.00 e. The Balaban J connectivity index is 0. The SMILES string of the molecule is Cc1ccc(N)cc1.Cc1ccc(NN)cc1.[H+].[Y]. The van der Waals surface area contributed by atoms with Crippen LogP contribution in [0.2, 0.25) is 0 Å². The first-order valence-electron chi connectivity index (χ1n) is 5.47. The van der Waals surface area contributed by atoms with Crippen LogP contribution in [0.4, 0.5) is 11.4 Å². The normalized spacial score (nSPS) is 8.61. The van der Waals surface area contributed by atoms with Crippen LogP contribution in [0.25, 0.3) is 0 Å². The second-order valence-electron chi connectivity index (χ2n) is 3.92. The van der Waals surface area contributed by atoms with Crippen LogP contribution >= 0.6 is 0 Å². The fourth-order valence-electron chi connectivity index (χ4n) is 1.22. The van der Waals surface area contributed by atoms with Gasteiger partial charge in [-0.2, -0.15) is 0 Å². The Morgan fingerprint density at radius 2 is 1.22 bits per heavy atom. The van der Waals surface area contributed by atoms with Crippen LogP contribution in [0, 0.1) is 13.8 Å². The van der Waals surface area contributed by atoms with Crippen molar-refractivity contribution < 1.29 is 34.1 Å². The summed E-state index contributed by atoms with van der Waals surface area (Å²) < 4.78 is 0. The third-order valence-corrected chi connectivity index (χ3v) is 2.30. The second-order valence-corrected chi connectivity index (χ2v) is 3.92. The average molecular weight is 319 g/mol. The molecule has 0 bridgehead atoms. The first-order valence-corrected chi connectivity index (χ1v) is 5.47. The number of nitrogens with two attached hydrogens (primary N) is 2. The van der Waals surface area contributed by atoms with Gasteiger partial charge in [0, 0.05) is 44.1 Å². The summed E-state index contributed by atoms with van der Waals surface area (Å²) in [7, 11) is 0. The molecule has 0 atom stereocenters. The molecule has 5 N–H and O–H groups in total. The monoisotopic (exact) mass is 319 g/mol. The zero-order valence-corrected chi connectivity index (χ0v) is 13.7. The van der Waals surface area contributed by atoms with Crippen molar-refractivity contribution in [3.63, 3.8) is 0 Å². The Bertz CT molecular complexity index is 422. The molecule has 93 valence electrons. The Hall–Kier alpha value is -0.896. The number of hydrogen-bond donors (Lipinski definition) is 3. The summed E-state index contributed by atoms with van der Waals surface area (Å²) in [6, 6.07) is 15.7. The molecular formula is C14H20N3Y+. The van der Waals surface area contributed by atoms with Gasteiger partial charge in [0.15, 0.2) is 0 Å². The van der Waals surface area contributed by atoms with E-state index in [1.807, 2.05) is 62.4 Å². The molecule has 0 saturated heterocycles. The molecular weight excluding hydrogens is 299 g/mol. The van der Waals surface area contributed by atoms with Gasteiger partial charge in [-0.3, -0.25) is 5.84 Å². The third kappa shape index (κ3) is 6.75. The molecule has 0 aliphatic carbocycles. The summed E-state index contributed by atoms with van der Waals surface area (Å²) in [6.45, 7) is 4.08. The predicted octanol–water partition coefficient (Wildman–Crippen LogP) is 2.97. The van der Waals surface area contributed by atoms with Crippen LogP contribution in [-0.2, 0) is 32.7 Å². The van der Waals surface area contributed by atoms with Crippen molar-refractivity contribution in [1.82, 2.24) is 0 Å². The zero-order valence-electron chi connectivity index (χ0n) is 11.9. The van der Waals surface area contributed by atoms with Gasteiger partial charge >= 0.3 is 1.43 Å². The Morgan fingerprint density at radius 3 is 1.56 bits per heavy atom. The number of nitrogens with one attached hydrogen (secondary N) is 1. The standard InChI is InChI=1S/C7H10N2.C7H9N.Y/c1-6-2-4-7(9-8)5-3-6;1-6-2-4-7(8)5-3-6;/h2-5,9H,8H2,1H3;2-5H,8H2,1H3;/p+1. The van der Waals surface area contributed by atoms with Gasteiger partial charge in [0.2, 0.25) is 0 Å². The molecule has 0 heterocycles. The third-order valence-electron chi connectivity index (χ3n) is 2.30. The number of anilines is 2. The van der Waals surface area contributed by atoms with Crippen molar-refractivity contribution in [3.05, 3.63) is 59.7 Å². The summed E-state index contributed by atoms with van der Waals surface area (Å²) in [6.07, 6.45) is 0. The summed E-state index contributed by atoms with van der Waals surface area (Å²) in [5.74, 6) is 5.15. The van der Waals surface area contributed by atoms with Crippen LogP contribution in [0.15, 0.2) is 48.5 Å². The Kier molecular flexibility index (Phi) is 8.64. The fourth-order valence-corrected chi connectivity index (χ4v) is 1.22. The van der Waals surface area contributed by atoms with E-state index in [1.54, 1.807) is 0 Å². The van der Waals surface area contributed by atoms with Crippen molar-refractivity contribution in [1.29, 1.82) is 0 Å². The fraction of sp³-hybridized carbons (Fsp3) is 0.143. The molecule has 3 nitrogen and oxygen atoms in total. The quantitative estimate of drug-likeness (QED) is 0.430. The molecule has 0 fully saturated rings. The van der Waals surface area contributed by atoms with Crippen LogP contribution in [-0.4, -0.2) is 0 Å². The van der Waals surface area contributed by atoms with Crippen molar-refractivity contribution >= 4 is 11.4 Å². The molecule has 0 saturated carbocycles. The number of hydrazine groups is 1. The van der Waals surface area contributed by atoms with Crippen LogP contribution in [0.1, 0.15) is 12.6 Å². The average Bonchev–Trinajstić information content (AvgIpc) is 2.35. The molecule has 0 aliphatic rings. The maximum atomic E-state index is 5.43. The van der Waals surface area contributed by atoms with E-state index in [2.05, 4.69) is 5.43 Å². The van der Waals surface area contributed by atoms with E-state index in [4.69, 9.17) is 11.6 Å². The van der Waals surface area contributed by atoms with E-state index in [1.165, 1.54) is 11.1 Å². The van der Waals surface area contributed by atoms with Gasteiger partial charge in [0.25, 0.3) is 0 Å². The van der Waals surface area contributed by atoms with E-state index in [9.17, 15) is 0 Å². The van der Waals surface area contributed by atoms with E-state index >= 15 is 0 Å². The Morgan fingerprint density at radius 1 is 0.833 bits per heavy atom. The summed E-state index contributed by atoms with van der Waals surface area (Å²) in [5.41, 5.74) is 12.2. The van der Waals surface area contributed by atoms with E-state index in [0.29, 0.717) is 0 Å². The minimum atomic E-state index is 0. The van der Waals surface area contributed by atoms with Gasteiger partial charge in [0.1, 0.15) is 0 Å². The van der Waals surface area contributed by atoms with Crippen LogP contribution < -0.4 is 17.0 Å². The topological polar surface area (TPSA) is 64.1 Å². The zero-order chi connectivity index (χ0) is 12.7. The molecule has 1 radical (unpaired) electrons. The minimum Gasteiger partial charge on any atom is -0.399 e. The molecule has 2 rings (SSSR count). The van der Waals surface area contributed by atoms with Crippen molar-refractivity contribution in [2.24, 2.45) is 5.84 Å². The van der Waals surface area contributed by atoms with Gasteiger partial charge < -0.3 is 11.2 Å². The predicted molar refractivity (Wildman–Crippen MR) is 75.7 cm³/mol. The minimum absolute atomic E-state index is 0. The van der Waals surface area contributed by atoms with E-state index in [0.717, 1.165) is 11.4 Å². The van der Waals surface area contributed by atoms with E-state index in [-0.39, 0.29) is 34.1 Å². The molecule has 0 spiro atoms. The molecule has 2 aromatic carbocycles. The van der Waals surface area contributed by atoms with Crippen molar-refractivity contribution in [2.75, 3.05) is 11.2 Å². The first-order chi connectivity index (χ1) is 8.11. The number of aryl methyl sites for hydroxylation is 2. The summed E-state index contributed by atoms with van der Waals surface area (Å²) in [4.78, 5) is 0. The van der Waals surface area contributed by atoms with Gasteiger partial charge in [-0.25, -0.2) is 0 Å². The Labute approximate surface area is 135 Å². The van der Waals surface area contributed by atoms with E-state index < -0.39 is 0 Å². The molecule has 18 heavy (non-hydrogen) atoms. The smallest absolute Gasteiger partial charge is 0.399 e. The van der Waals surface area contributed by atoms with Gasteiger partial charge in [0.05, 0.1) is 0 Å². The number of benzene rings is 2. The van der Waals surface area contributed by atoms with Gasteiger partial charge in [-0.1, -0.05) is 35.4 Å². The number of rotatable bonds is 1.